The number of nitrogens with one attached hydrogen (secondary N) is 1. The summed E-state index contributed by atoms with van der Waals surface area (Å²) in [5.41, 5.74) is 5.57. The molecular weight excluding hydrogens is 222 g/mol. The van der Waals surface area contributed by atoms with Gasteiger partial charge in [0.2, 0.25) is 0 Å². The Hall–Kier alpha value is -0.860. The van der Waals surface area contributed by atoms with Crippen molar-refractivity contribution in [3.05, 3.63) is 34.4 Å². The summed E-state index contributed by atoms with van der Waals surface area (Å²) < 4.78 is 5.52. The number of aryl methyl sites for hydroxylation is 3. The van der Waals surface area contributed by atoms with Crippen LogP contribution in [0.25, 0.3) is 0 Å². The maximum absolute atomic E-state index is 5.52. The molecule has 2 unspecified atom stereocenters. The van der Waals surface area contributed by atoms with Crippen LogP contribution in [0.1, 0.15) is 41.5 Å². The molecule has 0 spiro atoms. The molecule has 1 saturated carbocycles. The molecule has 1 aliphatic rings. The smallest absolute Gasteiger partial charge is 0.0724 e. The molecule has 1 aromatic rings. The minimum Gasteiger partial charge on any atom is -0.380 e. The van der Waals surface area contributed by atoms with E-state index in [1.165, 1.54) is 41.5 Å². The maximum atomic E-state index is 5.52. The summed E-state index contributed by atoms with van der Waals surface area (Å²) in [5.74, 6) is 0. The molecule has 0 radical (unpaired) electrons. The van der Waals surface area contributed by atoms with Crippen LogP contribution in [0.4, 0.5) is 0 Å². The highest BCUT2D eigenvalue weighted by molar-refractivity contribution is 5.36. The van der Waals surface area contributed by atoms with E-state index in [1.54, 1.807) is 0 Å². The normalized spacial score (nSPS) is 23.6. The van der Waals surface area contributed by atoms with Crippen molar-refractivity contribution in [1.82, 2.24) is 5.32 Å². The zero-order valence-electron chi connectivity index (χ0n) is 12.0. The number of ether oxygens (including phenoxy) is 1. The lowest BCUT2D eigenvalue weighted by Crippen LogP contribution is -2.36. The minimum absolute atomic E-state index is 0.400. The molecule has 0 aliphatic heterocycles. The van der Waals surface area contributed by atoms with E-state index in [0.29, 0.717) is 12.1 Å². The van der Waals surface area contributed by atoms with Crippen LogP contribution in [0.3, 0.4) is 0 Å². The molecule has 2 rings (SSSR count). The lowest BCUT2D eigenvalue weighted by molar-refractivity contribution is 0.0847. The van der Waals surface area contributed by atoms with E-state index in [0.717, 1.165) is 6.54 Å². The highest BCUT2D eigenvalue weighted by Crippen LogP contribution is 2.22. The Labute approximate surface area is 111 Å². The quantitative estimate of drug-likeness (QED) is 0.881. The van der Waals surface area contributed by atoms with E-state index in [4.69, 9.17) is 4.74 Å². The summed E-state index contributed by atoms with van der Waals surface area (Å²) in [4.78, 5) is 0. The first-order valence-corrected chi connectivity index (χ1v) is 6.94. The predicted octanol–water partition coefficient (Wildman–Crippen LogP) is 3.27. The highest BCUT2D eigenvalue weighted by atomic mass is 16.5. The molecule has 0 saturated heterocycles. The molecular formula is C16H25NO. The van der Waals surface area contributed by atoms with Crippen LogP contribution in [0.2, 0.25) is 0 Å². The fraction of sp³-hybridized carbons (Fsp3) is 0.625. The molecule has 0 aromatic heterocycles. The summed E-state index contributed by atoms with van der Waals surface area (Å²) in [7, 11) is 1.83. The third-order valence-corrected chi connectivity index (χ3v) is 4.26. The van der Waals surface area contributed by atoms with Gasteiger partial charge >= 0.3 is 0 Å². The largest absolute Gasteiger partial charge is 0.380 e. The van der Waals surface area contributed by atoms with E-state index in [1.807, 2.05) is 7.11 Å². The molecule has 1 aromatic carbocycles. The van der Waals surface area contributed by atoms with E-state index in [-0.39, 0.29) is 0 Å². The van der Waals surface area contributed by atoms with Gasteiger partial charge in [-0.15, -0.1) is 0 Å². The summed E-state index contributed by atoms with van der Waals surface area (Å²) in [6, 6.07) is 5.12. The molecule has 2 heteroatoms. The molecule has 100 valence electrons. The summed E-state index contributed by atoms with van der Waals surface area (Å²) in [6.07, 6.45) is 4.11. The second-order valence-corrected chi connectivity index (χ2v) is 5.56. The molecule has 0 bridgehead atoms. The van der Waals surface area contributed by atoms with Gasteiger partial charge in [-0.3, -0.25) is 0 Å². The van der Waals surface area contributed by atoms with Gasteiger partial charge in [-0.05, 0) is 62.3 Å². The van der Waals surface area contributed by atoms with Gasteiger partial charge in [-0.2, -0.15) is 0 Å². The van der Waals surface area contributed by atoms with Gasteiger partial charge in [-0.25, -0.2) is 0 Å². The topological polar surface area (TPSA) is 21.3 Å². The van der Waals surface area contributed by atoms with E-state index < -0.39 is 0 Å². The van der Waals surface area contributed by atoms with Crippen molar-refractivity contribution < 1.29 is 4.74 Å². The van der Waals surface area contributed by atoms with Crippen LogP contribution in [-0.4, -0.2) is 19.3 Å². The predicted molar refractivity (Wildman–Crippen MR) is 75.9 cm³/mol. The van der Waals surface area contributed by atoms with Gasteiger partial charge < -0.3 is 10.1 Å². The Bertz CT molecular complexity index is 414. The maximum Gasteiger partial charge on any atom is 0.0724 e. The molecule has 1 aliphatic carbocycles. The molecule has 1 fully saturated rings. The zero-order chi connectivity index (χ0) is 13.1. The molecule has 2 atom stereocenters. The van der Waals surface area contributed by atoms with E-state index >= 15 is 0 Å². The van der Waals surface area contributed by atoms with Gasteiger partial charge in [-0.1, -0.05) is 12.1 Å². The zero-order valence-corrected chi connectivity index (χ0v) is 12.0. The second kappa shape index (κ2) is 5.85. The van der Waals surface area contributed by atoms with Gasteiger partial charge in [0.25, 0.3) is 0 Å². The van der Waals surface area contributed by atoms with Gasteiger partial charge in [0, 0.05) is 19.7 Å². The number of benzene rings is 1. The van der Waals surface area contributed by atoms with Gasteiger partial charge in [0.05, 0.1) is 6.10 Å². The first-order valence-electron chi connectivity index (χ1n) is 6.94. The number of rotatable bonds is 4. The summed E-state index contributed by atoms with van der Waals surface area (Å²) >= 11 is 0. The summed E-state index contributed by atoms with van der Waals surface area (Å²) in [6.45, 7) is 7.52. The van der Waals surface area contributed by atoms with Crippen molar-refractivity contribution in [2.24, 2.45) is 0 Å². The minimum atomic E-state index is 0.400. The number of methoxy groups -OCH3 is 1. The van der Waals surface area contributed by atoms with Gasteiger partial charge in [0.15, 0.2) is 0 Å². The fourth-order valence-electron chi connectivity index (χ4n) is 2.89. The average molecular weight is 247 g/mol. The molecule has 2 nitrogen and oxygen atoms in total. The van der Waals surface area contributed by atoms with Crippen LogP contribution in [0.5, 0.6) is 0 Å². The van der Waals surface area contributed by atoms with Crippen LogP contribution < -0.4 is 5.32 Å². The Kier molecular flexibility index (Phi) is 4.41. The standard InChI is InChI=1S/C16H25NO/c1-11-8-13(3)14(9-12(11)2)10-17-15-6-5-7-16(15)18-4/h8-9,15-17H,5-7,10H2,1-4H3. The second-order valence-electron chi connectivity index (χ2n) is 5.56. The Morgan fingerprint density at radius 2 is 1.83 bits per heavy atom. The van der Waals surface area contributed by atoms with E-state index in [9.17, 15) is 0 Å². The Morgan fingerprint density at radius 1 is 1.11 bits per heavy atom. The third kappa shape index (κ3) is 2.93. The van der Waals surface area contributed by atoms with Crippen LogP contribution in [-0.2, 0) is 11.3 Å². The van der Waals surface area contributed by atoms with E-state index in [2.05, 4.69) is 38.2 Å². The van der Waals surface area contributed by atoms with Crippen LogP contribution in [0.15, 0.2) is 12.1 Å². The van der Waals surface area contributed by atoms with Crippen molar-refractivity contribution in [2.45, 2.75) is 58.7 Å². The van der Waals surface area contributed by atoms with Crippen molar-refractivity contribution in [1.29, 1.82) is 0 Å². The molecule has 18 heavy (non-hydrogen) atoms. The first kappa shape index (κ1) is 13.6. The lowest BCUT2D eigenvalue weighted by atomic mass is 10.0. The number of hydrogen-bond donors (Lipinski definition) is 1. The average Bonchev–Trinajstić information content (AvgIpc) is 2.79. The fourth-order valence-corrected chi connectivity index (χ4v) is 2.89. The third-order valence-electron chi connectivity index (χ3n) is 4.26. The van der Waals surface area contributed by atoms with Crippen molar-refractivity contribution in [3.8, 4) is 0 Å². The van der Waals surface area contributed by atoms with Crippen molar-refractivity contribution in [3.63, 3.8) is 0 Å². The Morgan fingerprint density at radius 3 is 2.56 bits per heavy atom. The Balaban J connectivity index is 2.00. The molecule has 0 heterocycles. The molecule has 0 amide bonds. The lowest BCUT2D eigenvalue weighted by Gasteiger charge is -2.20. The van der Waals surface area contributed by atoms with Gasteiger partial charge in [0.1, 0.15) is 0 Å². The summed E-state index contributed by atoms with van der Waals surface area (Å²) in [5, 5.41) is 3.66. The van der Waals surface area contributed by atoms with Crippen LogP contribution in [0, 0.1) is 20.8 Å². The SMILES string of the molecule is COC1CCCC1NCc1cc(C)c(C)cc1C. The first-order chi connectivity index (χ1) is 8.61. The molecule has 1 N–H and O–H groups in total. The number of hydrogen-bond acceptors (Lipinski definition) is 2. The van der Waals surface area contributed by atoms with Crippen molar-refractivity contribution >= 4 is 0 Å². The van der Waals surface area contributed by atoms with Crippen molar-refractivity contribution in [2.75, 3.05) is 7.11 Å². The monoisotopic (exact) mass is 247 g/mol. The van der Waals surface area contributed by atoms with Crippen LogP contribution >= 0.6 is 0 Å². The highest BCUT2D eigenvalue weighted by Gasteiger charge is 2.26.